The van der Waals surface area contributed by atoms with E-state index in [0.717, 1.165) is 12.2 Å². The SMILES string of the molecule is CC(C)=CCc1c(C)c2ccccc2n1-c1ccccn1. The van der Waals surface area contributed by atoms with Gasteiger partial charge < -0.3 is 0 Å². The van der Waals surface area contributed by atoms with Crippen LogP contribution in [0.2, 0.25) is 0 Å². The van der Waals surface area contributed by atoms with Crippen molar-refractivity contribution >= 4 is 10.9 Å². The maximum absolute atomic E-state index is 4.54. The van der Waals surface area contributed by atoms with E-state index in [4.69, 9.17) is 0 Å². The molecule has 106 valence electrons. The smallest absolute Gasteiger partial charge is 0.137 e. The van der Waals surface area contributed by atoms with Crippen molar-refractivity contribution in [3.63, 3.8) is 0 Å². The highest BCUT2D eigenvalue weighted by atomic mass is 15.1. The fourth-order valence-corrected chi connectivity index (χ4v) is 2.75. The van der Waals surface area contributed by atoms with Gasteiger partial charge in [-0.25, -0.2) is 4.98 Å². The molecule has 3 aromatic rings. The molecule has 0 atom stereocenters. The number of fused-ring (bicyclic) bond motifs is 1. The van der Waals surface area contributed by atoms with Crippen molar-refractivity contribution in [2.45, 2.75) is 27.2 Å². The zero-order valence-electron chi connectivity index (χ0n) is 12.8. The van der Waals surface area contributed by atoms with Gasteiger partial charge in [0.1, 0.15) is 5.82 Å². The van der Waals surface area contributed by atoms with Crippen LogP contribution in [0.15, 0.2) is 60.3 Å². The summed E-state index contributed by atoms with van der Waals surface area (Å²) in [6.45, 7) is 6.49. The van der Waals surface area contributed by atoms with Gasteiger partial charge in [-0.15, -0.1) is 0 Å². The third kappa shape index (κ3) is 2.49. The van der Waals surface area contributed by atoms with Crippen molar-refractivity contribution in [1.82, 2.24) is 9.55 Å². The van der Waals surface area contributed by atoms with Crippen molar-refractivity contribution in [2.24, 2.45) is 0 Å². The topological polar surface area (TPSA) is 17.8 Å². The Hall–Kier alpha value is -2.35. The zero-order valence-corrected chi connectivity index (χ0v) is 12.8. The predicted molar refractivity (Wildman–Crippen MR) is 88.9 cm³/mol. The summed E-state index contributed by atoms with van der Waals surface area (Å²) in [5.41, 5.74) is 5.22. The fourth-order valence-electron chi connectivity index (χ4n) is 2.75. The Morgan fingerprint density at radius 2 is 1.86 bits per heavy atom. The van der Waals surface area contributed by atoms with Crippen LogP contribution in [0.1, 0.15) is 25.1 Å². The fraction of sp³-hybridized carbons (Fsp3) is 0.211. The molecule has 2 aromatic heterocycles. The van der Waals surface area contributed by atoms with E-state index in [9.17, 15) is 0 Å². The Kier molecular flexibility index (Phi) is 3.61. The van der Waals surface area contributed by atoms with Gasteiger partial charge in [0.2, 0.25) is 0 Å². The summed E-state index contributed by atoms with van der Waals surface area (Å²) in [6, 6.07) is 14.6. The standard InChI is InChI=1S/C19H20N2/c1-14(2)11-12-17-15(3)16-8-4-5-9-18(16)21(17)19-10-6-7-13-20-19/h4-11,13H,12H2,1-3H3. The normalized spacial score (nSPS) is 10.8. The van der Waals surface area contributed by atoms with E-state index < -0.39 is 0 Å². The molecule has 0 fully saturated rings. The average Bonchev–Trinajstić information content (AvgIpc) is 2.79. The van der Waals surface area contributed by atoms with Crippen LogP contribution in [0.4, 0.5) is 0 Å². The summed E-state index contributed by atoms with van der Waals surface area (Å²) in [5.74, 6) is 0.985. The van der Waals surface area contributed by atoms with Crippen LogP contribution in [0, 0.1) is 6.92 Å². The van der Waals surface area contributed by atoms with Gasteiger partial charge in [-0.3, -0.25) is 4.57 Å². The average molecular weight is 276 g/mol. The summed E-state index contributed by atoms with van der Waals surface area (Å²) >= 11 is 0. The molecule has 0 saturated carbocycles. The molecular weight excluding hydrogens is 256 g/mol. The van der Waals surface area contributed by atoms with Crippen molar-refractivity contribution in [3.8, 4) is 5.82 Å². The van der Waals surface area contributed by atoms with Crippen LogP contribution in [-0.2, 0) is 6.42 Å². The number of allylic oxidation sites excluding steroid dienone is 2. The summed E-state index contributed by atoms with van der Waals surface area (Å²) < 4.78 is 2.28. The van der Waals surface area contributed by atoms with Gasteiger partial charge in [0.15, 0.2) is 0 Å². The van der Waals surface area contributed by atoms with E-state index in [-0.39, 0.29) is 0 Å². The molecule has 0 unspecified atom stereocenters. The first-order valence-electron chi connectivity index (χ1n) is 7.32. The van der Waals surface area contributed by atoms with Crippen molar-refractivity contribution in [2.75, 3.05) is 0 Å². The third-order valence-electron chi connectivity index (χ3n) is 3.83. The molecule has 0 aliphatic rings. The van der Waals surface area contributed by atoms with E-state index in [1.807, 2.05) is 18.3 Å². The largest absolute Gasteiger partial charge is 0.298 e. The molecule has 21 heavy (non-hydrogen) atoms. The van der Waals surface area contributed by atoms with Gasteiger partial charge in [0.05, 0.1) is 5.52 Å². The predicted octanol–water partition coefficient (Wildman–Crippen LogP) is 4.84. The van der Waals surface area contributed by atoms with E-state index in [0.29, 0.717) is 0 Å². The number of benzene rings is 1. The summed E-state index contributed by atoms with van der Waals surface area (Å²) in [5, 5.41) is 1.31. The molecule has 0 bridgehead atoms. The molecule has 0 saturated heterocycles. The lowest BCUT2D eigenvalue weighted by atomic mass is 10.1. The van der Waals surface area contributed by atoms with Gasteiger partial charge in [-0.05, 0) is 44.5 Å². The van der Waals surface area contributed by atoms with Gasteiger partial charge in [0, 0.05) is 23.7 Å². The molecule has 0 radical (unpaired) electrons. The minimum atomic E-state index is 0.930. The van der Waals surface area contributed by atoms with Crippen LogP contribution in [0.5, 0.6) is 0 Å². The highest BCUT2D eigenvalue weighted by Crippen LogP contribution is 2.28. The molecule has 2 heterocycles. The number of aryl methyl sites for hydroxylation is 1. The van der Waals surface area contributed by atoms with Crippen LogP contribution in [0.25, 0.3) is 16.7 Å². The van der Waals surface area contributed by atoms with E-state index in [2.05, 4.69) is 66.7 Å². The molecule has 0 amide bonds. The Balaban J connectivity index is 2.29. The minimum absolute atomic E-state index is 0.930. The van der Waals surface area contributed by atoms with Crippen LogP contribution in [0.3, 0.4) is 0 Å². The first-order valence-corrected chi connectivity index (χ1v) is 7.32. The second kappa shape index (κ2) is 5.57. The van der Waals surface area contributed by atoms with Crippen molar-refractivity contribution in [3.05, 3.63) is 71.6 Å². The zero-order chi connectivity index (χ0) is 14.8. The maximum Gasteiger partial charge on any atom is 0.137 e. The first-order chi connectivity index (χ1) is 10.2. The Morgan fingerprint density at radius 1 is 1.10 bits per heavy atom. The number of hydrogen-bond acceptors (Lipinski definition) is 1. The van der Waals surface area contributed by atoms with Crippen molar-refractivity contribution in [1.29, 1.82) is 0 Å². The highest BCUT2D eigenvalue weighted by molar-refractivity contribution is 5.86. The lowest BCUT2D eigenvalue weighted by Gasteiger charge is -2.09. The molecule has 0 aliphatic heterocycles. The lowest BCUT2D eigenvalue weighted by molar-refractivity contribution is 0.945. The van der Waals surface area contributed by atoms with E-state index in [1.165, 1.54) is 27.7 Å². The summed E-state index contributed by atoms with van der Waals surface area (Å²) in [4.78, 5) is 4.54. The molecule has 2 nitrogen and oxygen atoms in total. The minimum Gasteiger partial charge on any atom is -0.298 e. The number of para-hydroxylation sites is 1. The number of nitrogens with zero attached hydrogens (tertiary/aromatic N) is 2. The molecule has 3 rings (SSSR count). The second-order valence-electron chi connectivity index (χ2n) is 5.60. The van der Waals surface area contributed by atoms with Crippen LogP contribution < -0.4 is 0 Å². The van der Waals surface area contributed by atoms with Crippen molar-refractivity contribution < 1.29 is 0 Å². The number of pyridine rings is 1. The number of aromatic nitrogens is 2. The molecule has 0 N–H and O–H groups in total. The number of rotatable bonds is 3. The third-order valence-corrected chi connectivity index (χ3v) is 3.83. The Labute approximate surface area is 125 Å². The van der Waals surface area contributed by atoms with Crippen LogP contribution >= 0.6 is 0 Å². The molecule has 0 spiro atoms. The molecule has 0 aliphatic carbocycles. The summed E-state index contributed by atoms with van der Waals surface area (Å²) in [6.07, 6.45) is 5.06. The van der Waals surface area contributed by atoms with Gasteiger partial charge >= 0.3 is 0 Å². The van der Waals surface area contributed by atoms with Gasteiger partial charge in [-0.2, -0.15) is 0 Å². The van der Waals surface area contributed by atoms with Crippen LogP contribution in [-0.4, -0.2) is 9.55 Å². The Morgan fingerprint density at radius 3 is 2.57 bits per heavy atom. The molecule has 1 aromatic carbocycles. The van der Waals surface area contributed by atoms with E-state index in [1.54, 1.807) is 0 Å². The summed E-state index contributed by atoms with van der Waals surface area (Å²) in [7, 11) is 0. The molecular formula is C19H20N2. The molecule has 2 heteroatoms. The highest BCUT2D eigenvalue weighted by Gasteiger charge is 2.14. The first kappa shape index (κ1) is 13.6. The van der Waals surface area contributed by atoms with E-state index >= 15 is 0 Å². The lowest BCUT2D eigenvalue weighted by Crippen LogP contribution is -2.02. The maximum atomic E-state index is 4.54. The monoisotopic (exact) mass is 276 g/mol. The quantitative estimate of drug-likeness (QED) is 0.626. The van der Waals surface area contributed by atoms with Gasteiger partial charge in [-0.1, -0.05) is 35.9 Å². The second-order valence-corrected chi connectivity index (χ2v) is 5.60. The Bertz CT molecular complexity index is 791. The van der Waals surface area contributed by atoms with Gasteiger partial charge in [0.25, 0.3) is 0 Å². The number of hydrogen-bond donors (Lipinski definition) is 0.